The Hall–Kier alpha value is -2.77. The molecule has 1 atom stereocenters. The van der Waals surface area contributed by atoms with Crippen LogP contribution in [-0.2, 0) is 16.1 Å². The molecule has 0 aliphatic carbocycles. The van der Waals surface area contributed by atoms with Gasteiger partial charge in [0.05, 0.1) is 0 Å². The second kappa shape index (κ2) is 5.71. The molecule has 0 fully saturated rings. The molecule has 1 heterocycles. The van der Waals surface area contributed by atoms with Gasteiger partial charge in [0, 0.05) is 0 Å². The first kappa shape index (κ1) is 12.7. The van der Waals surface area contributed by atoms with Gasteiger partial charge in [0.1, 0.15) is 12.9 Å². The van der Waals surface area contributed by atoms with Crippen molar-refractivity contribution in [3.8, 4) is 0 Å². The number of hydrogen-bond acceptors (Lipinski definition) is 5. The van der Waals surface area contributed by atoms with Gasteiger partial charge in [-0.05, 0) is 16.0 Å². The maximum Gasteiger partial charge on any atom is 0.330 e. The third-order valence-electron chi connectivity index (χ3n) is 2.38. The predicted octanol–water partition coefficient (Wildman–Crippen LogP) is -0.385. The number of carboxylic acid groups (broad SMARTS) is 1. The van der Waals surface area contributed by atoms with Crippen molar-refractivity contribution in [1.82, 2.24) is 25.5 Å². The van der Waals surface area contributed by atoms with E-state index in [1.165, 1.54) is 11.0 Å². The molecule has 2 aromatic rings. The molecule has 0 radical (unpaired) electrons. The van der Waals surface area contributed by atoms with Crippen LogP contribution >= 0.6 is 0 Å². The number of nitrogens with zero attached hydrogens (tertiary/aromatic N) is 4. The fraction of sp³-hybridized carbons (Fsp3) is 0.182. The first-order chi connectivity index (χ1) is 9.16. The molecule has 1 amide bonds. The first-order valence-electron chi connectivity index (χ1n) is 5.44. The summed E-state index contributed by atoms with van der Waals surface area (Å²) in [6.45, 7) is -0.135. The van der Waals surface area contributed by atoms with Crippen molar-refractivity contribution in [1.29, 1.82) is 0 Å². The minimum Gasteiger partial charge on any atom is -0.479 e. The van der Waals surface area contributed by atoms with Crippen molar-refractivity contribution in [3.05, 3.63) is 42.2 Å². The third-order valence-corrected chi connectivity index (χ3v) is 2.38. The molecule has 1 aromatic heterocycles. The number of carbonyl (C=O) groups excluding carboxylic acids is 1. The Bertz CT molecular complexity index is 555. The van der Waals surface area contributed by atoms with Gasteiger partial charge in [-0.3, -0.25) is 4.79 Å². The smallest absolute Gasteiger partial charge is 0.330 e. The third kappa shape index (κ3) is 3.35. The summed E-state index contributed by atoms with van der Waals surface area (Å²) in [5.74, 6) is -1.61. The van der Waals surface area contributed by atoms with Gasteiger partial charge in [-0.2, -0.15) is 0 Å². The Labute approximate surface area is 108 Å². The van der Waals surface area contributed by atoms with Crippen LogP contribution in [0.2, 0.25) is 0 Å². The number of aliphatic carboxylic acids is 1. The molecule has 2 N–H and O–H groups in total. The fourth-order valence-electron chi connectivity index (χ4n) is 1.54. The zero-order chi connectivity index (χ0) is 13.7. The zero-order valence-electron chi connectivity index (χ0n) is 9.80. The molecule has 2 rings (SSSR count). The highest BCUT2D eigenvalue weighted by Crippen LogP contribution is 2.12. The second-order valence-electron chi connectivity index (χ2n) is 3.76. The van der Waals surface area contributed by atoms with Crippen molar-refractivity contribution in [2.45, 2.75) is 12.6 Å². The van der Waals surface area contributed by atoms with Gasteiger partial charge in [-0.15, -0.1) is 5.10 Å². The van der Waals surface area contributed by atoms with Gasteiger partial charge in [0.15, 0.2) is 6.04 Å². The van der Waals surface area contributed by atoms with E-state index in [2.05, 4.69) is 20.8 Å². The van der Waals surface area contributed by atoms with Crippen molar-refractivity contribution in [2.24, 2.45) is 0 Å². The Balaban J connectivity index is 2.05. The summed E-state index contributed by atoms with van der Waals surface area (Å²) < 4.78 is 1.21. The molecule has 0 spiro atoms. The summed E-state index contributed by atoms with van der Waals surface area (Å²) in [6, 6.07) is 7.36. The van der Waals surface area contributed by atoms with Crippen LogP contribution in [0.5, 0.6) is 0 Å². The summed E-state index contributed by atoms with van der Waals surface area (Å²) in [4.78, 5) is 22.9. The Morgan fingerprint density at radius 1 is 1.32 bits per heavy atom. The Morgan fingerprint density at radius 3 is 2.63 bits per heavy atom. The van der Waals surface area contributed by atoms with Crippen molar-refractivity contribution < 1.29 is 14.7 Å². The van der Waals surface area contributed by atoms with Gasteiger partial charge in [0.2, 0.25) is 5.91 Å². The maximum atomic E-state index is 11.7. The van der Waals surface area contributed by atoms with E-state index in [-0.39, 0.29) is 6.54 Å². The summed E-state index contributed by atoms with van der Waals surface area (Å²) >= 11 is 0. The van der Waals surface area contributed by atoms with Crippen LogP contribution in [-0.4, -0.2) is 37.2 Å². The van der Waals surface area contributed by atoms with Crippen molar-refractivity contribution in [2.75, 3.05) is 0 Å². The summed E-state index contributed by atoms with van der Waals surface area (Å²) in [7, 11) is 0. The number of benzene rings is 1. The standard InChI is InChI=1S/C11H11N5O3/c17-9(6-16-7-12-14-15-16)13-10(11(18)19)8-4-2-1-3-5-8/h1-5,7,10H,6H2,(H,13,17)(H,18,19). The number of amides is 1. The lowest BCUT2D eigenvalue weighted by Gasteiger charge is -2.14. The summed E-state index contributed by atoms with van der Waals surface area (Å²) in [5, 5.41) is 21.9. The number of hydrogen-bond donors (Lipinski definition) is 2. The van der Waals surface area contributed by atoms with Gasteiger partial charge >= 0.3 is 5.97 Å². The number of tetrazole rings is 1. The van der Waals surface area contributed by atoms with Crippen LogP contribution < -0.4 is 5.32 Å². The molecule has 0 saturated carbocycles. The topological polar surface area (TPSA) is 110 Å². The largest absolute Gasteiger partial charge is 0.479 e. The highest BCUT2D eigenvalue weighted by atomic mass is 16.4. The van der Waals surface area contributed by atoms with Crippen LogP contribution in [0.1, 0.15) is 11.6 Å². The highest BCUT2D eigenvalue weighted by Gasteiger charge is 2.21. The van der Waals surface area contributed by atoms with E-state index in [0.29, 0.717) is 5.56 Å². The lowest BCUT2D eigenvalue weighted by molar-refractivity contribution is -0.142. The van der Waals surface area contributed by atoms with E-state index in [1.54, 1.807) is 30.3 Å². The quantitative estimate of drug-likeness (QED) is 0.758. The Kier molecular flexibility index (Phi) is 3.81. The first-order valence-corrected chi connectivity index (χ1v) is 5.44. The molecule has 0 aliphatic rings. The van der Waals surface area contributed by atoms with Crippen LogP contribution in [0.3, 0.4) is 0 Å². The minimum atomic E-state index is -1.13. The average Bonchev–Trinajstić information content (AvgIpc) is 2.89. The molecule has 1 aromatic carbocycles. The second-order valence-corrected chi connectivity index (χ2v) is 3.76. The van der Waals surface area contributed by atoms with E-state index in [0.717, 1.165) is 0 Å². The van der Waals surface area contributed by atoms with Gasteiger partial charge in [-0.25, -0.2) is 9.48 Å². The number of rotatable bonds is 5. The highest BCUT2D eigenvalue weighted by molar-refractivity contribution is 5.84. The fourth-order valence-corrected chi connectivity index (χ4v) is 1.54. The summed E-state index contributed by atoms with van der Waals surface area (Å²) in [6.07, 6.45) is 1.28. The number of aromatic nitrogens is 4. The van der Waals surface area contributed by atoms with Crippen LogP contribution in [0.15, 0.2) is 36.7 Å². The summed E-state index contributed by atoms with van der Waals surface area (Å²) in [5.41, 5.74) is 0.500. The average molecular weight is 261 g/mol. The molecular weight excluding hydrogens is 250 g/mol. The van der Waals surface area contributed by atoms with Crippen molar-refractivity contribution >= 4 is 11.9 Å². The van der Waals surface area contributed by atoms with Gasteiger partial charge < -0.3 is 10.4 Å². The number of carboxylic acids is 1. The molecule has 1 unspecified atom stereocenters. The van der Waals surface area contributed by atoms with Gasteiger partial charge in [-0.1, -0.05) is 30.3 Å². The number of nitrogens with one attached hydrogen (secondary N) is 1. The molecular formula is C11H11N5O3. The minimum absolute atomic E-state index is 0.135. The van der Waals surface area contributed by atoms with E-state index in [1.807, 2.05) is 0 Å². The monoisotopic (exact) mass is 261 g/mol. The van der Waals surface area contributed by atoms with Crippen LogP contribution in [0, 0.1) is 0 Å². The van der Waals surface area contributed by atoms with E-state index >= 15 is 0 Å². The molecule has 0 bridgehead atoms. The molecule has 0 saturated heterocycles. The van der Waals surface area contributed by atoms with E-state index in [4.69, 9.17) is 5.11 Å². The zero-order valence-corrected chi connectivity index (χ0v) is 9.80. The van der Waals surface area contributed by atoms with Crippen LogP contribution in [0.25, 0.3) is 0 Å². The van der Waals surface area contributed by atoms with Gasteiger partial charge in [0.25, 0.3) is 0 Å². The lowest BCUT2D eigenvalue weighted by Crippen LogP contribution is -2.36. The molecule has 98 valence electrons. The molecule has 0 aliphatic heterocycles. The van der Waals surface area contributed by atoms with Crippen molar-refractivity contribution in [3.63, 3.8) is 0 Å². The Morgan fingerprint density at radius 2 is 2.05 bits per heavy atom. The predicted molar refractivity (Wildman–Crippen MR) is 62.8 cm³/mol. The number of carbonyl (C=O) groups is 2. The normalized spacial score (nSPS) is 11.8. The van der Waals surface area contributed by atoms with E-state index < -0.39 is 17.9 Å². The molecule has 8 heteroatoms. The van der Waals surface area contributed by atoms with E-state index in [9.17, 15) is 9.59 Å². The maximum absolute atomic E-state index is 11.7. The molecule has 8 nitrogen and oxygen atoms in total. The molecule has 19 heavy (non-hydrogen) atoms. The van der Waals surface area contributed by atoms with Crippen LogP contribution in [0.4, 0.5) is 0 Å². The lowest BCUT2D eigenvalue weighted by atomic mass is 10.1. The SMILES string of the molecule is O=C(Cn1cnnn1)NC(C(=O)O)c1ccccc1.